The summed E-state index contributed by atoms with van der Waals surface area (Å²) >= 11 is 0. The number of aliphatic hydroxyl groups excluding tert-OH is 1. The van der Waals surface area contributed by atoms with E-state index in [2.05, 4.69) is 10.0 Å². The lowest BCUT2D eigenvalue weighted by Crippen LogP contribution is -2.52. The van der Waals surface area contributed by atoms with Crippen molar-refractivity contribution in [3.8, 4) is 11.5 Å². The highest BCUT2D eigenvalue weighted by atomic mass is 32.2. The van der Waals surface area contributed by atoms with Crippen LogP contribution >= 0.6 is 0 Å². The van der Waals surface area contributed by atoms with Gasteiger partial charge in [-0.05, 0) is 48.8 Å². The van der Waals surface area contributed by atoms with E-state index in [1.165, 1.54) is 10.4 Å². The van der Waals surface area contributed by atoms with Crippen LogP contribution in [0, 0.1) is 11.3 Å². The quantitative estimate of drug-likeness (QED) is 0.216. The topological polar surface area (TPSA) is 179 Å². The third-order valence-corrected chi connectivity index (χ3v) is 11.4. The Bertz CT molecular complexity index is 1640. The number of amides is 1. The lowest BCUT2D eigenvalue weighted by Gasteiger charge is -2.35. The van der Waals surface area contributed by atoms with E-state index in [0.717, 1.165) is 11.8 Å². The van der Waals surface area contributed by atoms with Gasteiger partial charge in [-0.15, -0.1) is 0 Å². The summed E-state index contributed by atoms with van der Waals surface area (Å²) in [6, 6.07) is 12.9. The lowest BCUT2D eigenvalue weighted by atomic mass is 9.87. The predicted octanol–water partition coefficient (Wildman–Crippen LogP) is 2.26. The molecule has 0 aromatic heterocycles. The number of aliphatic hydroxyl groups is 1. The first-order valence-corrected chi connectivity index (χ1v) is 19.8. The molecule has 0 saturated carbocycles. The van der Waals surface area contributed by atoms with E-state index in [1.54, 1.807) is 12.1 Å². The molecule has 2 aromatic carbocycles. The molecule has 49 heavy (non-hydrogen) atoms. The molecule has 0 unspecified atom stereocenters. The Hall–Kier alpha value is -2.99. The number of sulfonamides is 2. The fourth-order valence-electron chi connectivity index (χ4n) is 6.38. The summed E-state index contributed by atoms with van der Waals surface area (Å²) in [6.07, 6.45) is -0.149. The van der Waals surface area contributed by atoms with Crippen molar-refractivity contribution in [2.45, 2.75) is 69.0 Å². The summed E-state index contributed by atoms with van der Waals surface area (Å²) < 4.78 is 84.0. The summed E-state index contributed by atoms with van der Waals surface area (Å²) in [7, 11) is -7.69. The first-order valence-electron chi connectivity index (χ1n) is 16.5. The van der Waals surface area contributed by atoms with Gasteiger partial charge in [-0.1, -0.05) is 50.2 Å². The van der Waals surface area contributed by atoms with Crippen molar-refractivity contribution in [2.75, 3.05) is 52.3 Å². The summed E-state index contributed by atoms with van der Waals surface area (Å²) in [5, 5.41) is 14.6. The molecule has 0 aliphatic carbocycles. The highest BCUT2D eigenvalue weighted by Gasteiger charge is 2.44. The molecule has 0 radical (unpaired) electrons. The number of carbonyl (C=O) groups is 1. The molecule has 2 aromatic rings. The molecule has 14 nitrogen and oxygen atoms in total. The Balaban J connectivity index is 1.39. The second kappa shape index (κ2) is 15.9. The van der Waals surface area contributed by atoms with E-state index in [4.69, 9.17) is 23.7 Å². The van der Waals surface area contributed by atoms with Crippen molar-refractivity contribution in [2.24, 2.45) is 11.3 Å². The molecule has 2 fully saturated rings. The maximum Gasteiger partial charge on any atom is 0.407 e. The molecule has 0 spiro atoms. The zero-order chi connectivity index (χ0) is 35.2. The Morgan fingerprint density at radius 2 is 1.80 bits per heavy atom. The minimum atomic E-state index is -4.31. The van der Waals surface area contributed by atoms with E-state index in [1.807, 2.05) is 44.2 Å². The predicted molar refractivity (Wildman–Crippen MR) is 179 cm³/mol. The number of fused-ring (bicyclic) bond motifs is 2. The van der Waals surface area contributed by atoms with E-state index >= 15 is 0 Å². The van der Waals surface area contributed by atoms with E-state index in [0.29, 0.717) is 31.6 Å². The Labute approximate surface area is 288 Å². The van der Waals surface area contributed by atoms with Gasteiger partial charge in [0.1, 0.15) is 24.2 Å². The van der Waals surface area contributed by atoms with Crippen LogP contribution in [0.4, 0.5) is 4.79 Å². The first kappa shape index (κ1) is 37.3. The molecule has 3 N–H and O–H groups in total. The van der Waals surface area contributed by atoms with Crippen LogP contribution < -0.4 is 19.5 Å². The second-order valence-corrected chi connectivity index (χ2v) is 17.2. The largest absolute Gasteiger partial charge is 0.486 e. The molecule has 2 saturated heterocycles. The molecule has 272 valence electrons. The van der Waals surface area contributed by atoms with Gasteiger partial charge in [0.2, 0.25) is 20.0 Å². The maximum atomic E-state index is 14.5. The van der Waals surface area contributed by atoms with Crippen LogP contribution in [0.25, 0.3) is 0 Å². The van der Waals surface area contributed by atoms with Crippen LogP contribution in [-0.4, -0.2) is 109 Å². The summed E-state index contributed by atoms with van der Waals surface area (Å²) in [5.41, 5.74) is 0.165. The third kappa shape index (κ3) is 10.1. The zero-order valence-corrected chi connectivity index (χ0v) is 29.7. The van der Waals surface area contributed by atoms with Crippen LogP contribution in [-0.2, 0) is 40.7 Å². The highest BCUT2D eigenvalue weighted by molar-refractivity contribution is 7.89. The minimum Gasteiger partial charge on any atom is -0.486 e. The fraction of sp³-hybridized carbons (Fsp3) is 0.606. The van der Waals surface area contributed by atoms with Gasteiger partial charge in [-0.25, -0.2) is 26.4 Å². The monoisotopic (exact) mass is 725 g/mol. The van der Waals surface area contributed by atoms with Crippen LogP contribution in [0.3, 0.4) is 0 Å². The number of nitrogens with zero attached hydrogens (tertiary/aromatic N) is 1. The van der Waals surface area contributed by atoms with Crippen LogP contribution in [0.5, 0.6) is 11.5 Å². The number of alkyl carbamates (subject to hydrolysis) is 1. The van der Waals surface area contributed by atoms with E-state index in [-0.39, 0.29) is 62.4 Å². The Kier molecular flexibility index (Phi) is 12.1. The molecule has 3 aliphatic heterocycles. The zero-order valence-electron chi connectivity index (χ0n) is 28.1. The van der Waals surface area contributed by atoms with Crippen molar-refractivity contribution in [3.05, 3.63) is 54.1 Å². The standard InChI is InChI=1S/C33H47N3O11S2/c1-33(2,14-8-15-34-48(3,39)40)22-36(49(41,42)29-12-7-11-27-30(29)44-18-17-43-27)20-26(37)25(19-23-9-5-4-6-10-23)35-32(38)47-28-21-46-31-24(28)13-16-45-31/h4-7,9-12,24-26,28,31,34,37H,8,13-22H2,1-3H3,(H,35,38)/t24-,25-,26+,28-,31+/m0/s1. The average molecular weight is 726 g/mol. The number of hydrogen-bond acceptors (Lipinski definition) is 11. The molecule has 1 amide bonds. The summed E-state index contributed by atoms with van der Waals surface area (Å²) in [4.78, 5) is 13.1. The van der Waals surface area contributed by atoms with Gasteiger partial charge in [-0.3, -0.25) is 0 Å². The number of ether oxygens (including phenoxy) is 5. The SMILES string of the molecule is CC(C)(CCCNS(C)(=O)=O)CN(C[C@@H](O)[C@H](Cc1ccccc1)NC(=O)O[C@H]1CO[C@H]2OCC[C@H]21)S(=O)(=O)c1cccc2c1OCCO2. The van der Waals surface area contributed by atoms with Gasteiger partial charge < -0.3 is 34.1 Å². The normalized spacial score (nSPS) is 22.0. The minimum absolute atomic E-state index is 0.0270. The third-order valence-electron chi connectivity index (χ3n) is 8.85. The number of para-hydroxylation sites is 1. The lowest BCUT2D eigenvalue weighted by molar-refractivity contribution is -0.0907. The number of carbonyl (C=O) groups excluding carboxylic acids is 1. The molecule has 16 heteroatoms. The number of benzene rings is 2. The van der Waals surface area contributed by atoms with Crippen molar-refractivity contribution in [3.63, 3.8) is 0 Å². The van der Waals surface area contributed by atoms with Gasteiger partial charge in [0, 0.05) is 19.6 Å². The second-order valence-electron chi connectivity index (χ2n) is 13.5. The van der Waals surface area contributed by atoms with E-state index in [9.17, 15) is 26.7 Å². The average Bonchev–Trinajstić information content (AvgIpc) is 3.67. The van der Waals surface area contributed by atoms with Gasteiger partial charge >= 0.3 is 6.09 Å². The summed E-state index contributed by atoms with van der Waals surface area (Å²) in [6.45, 7) is 4.71. The van der Waals surface area contributed by atoms with Crippen LogP contribution in [0.1, 0.15) is 38.7 Å². The Morgan fingerprint density at radius 1 is 1.04 bits per heavy atom. The van der Waals surface area contributed by atoms with Gasteiger partial charge in [0.15, 0.2) is 17.8 Å². The molecular weight excluding hydrogens is 679 g/mol. The van der Waals surface area contributed by atoms with Crippen LogP contribution in [0.2, 0.25) is 0 Å². The van der Waals surface area contributed by atoms with E-state index < -0.39 is 56.1 Å². The molecule has 3 aliphatic rings. The first-order chi connectivity index (χ1) is 23.2. The van der Waals surface area contributed by atoms with Gasteiger partial charge in [0.05, 0.1) is 37.5 Å². The number of rotatable bonds is 16. The molecule has 5 atom stereocenters. The van der Waals surface area contributed by atoms with Crippen molar-refractivity contribution >= 4 is 26.1 Å². The molecule has 3 heterocycles. The van der Waals surface area contributed by atoms with Crippen molar-refractivity contribution < 1.29 is 50.4 Å². The fourth-order valence-corrected chi connectivity index (χ4v) is 8.68. The van der Waals surface area contributed by atoms with Gasteiger partial charge in [0.25, 0.3) is 0 Å². The van der Waals surface area contributed by atoms with Gasteiger partial charge in [-0.2, -0.15) is 4.31 Å². The summed E-state index contributed by atoms with van der Waals surface area (Å²) in [5.74, 6) is 0.316. The van der Waals surface area contributed by atoms with Crippen molar-refractivity contribution in [1.29, 1.82) is 0 Å². The smallest absolute Gasteiger partial charge is 0.407 e. The number of hydrogen-bond donors (Lipinski definition) is 3. The molecular formula is C33H47N3O11S2. The molecule has 0 bridgehead atoms. The van der Waals surface area contributed by atoms with Crippen LogP contribution in [0.15, 0.2) is 53.4 Å². The molecule has 5 rings (SSSR count). The number of nitrogens with one attached hydrogen (secondary N) is 2. The highest BCUT2D eigenvalue weighted by Crippen LogP contribution is 2.39. The maximum absolute atomic E-state index is 14.5. The Morgan fingerprint density at radius 3 is 2.55 bits per heavy atom. The van der Waals surface area contributed by atoms with Crippen molar-refractivity contribution in [1.82, 2.24) is 14.3 Å².